The number of carbonyl (C=O) groups excluding carboxylic acids is 1. The summed E-state index contributed by atoms with van der Waals surface area (Å²) in [6.45, 7) is 2.70. The maximum absolute atomic E-state index is 12.4. The lowest BCUT2D eigenvalue weighted by molar-refractivity contribution is -0.126. The molecule has 19 heavy (non-hydrogen) atoms. The highest BCUT2D eigenvalue weighted by Crippen LogP contribution is 2.36. The summed E-state index contributed by atoms with van der Waals surface area (Å²) in [5, 5.41) is 9.94. The van der Waals surface area contributed by atoms with Gasteiger partial charge in [-0.1, -0.05) is 23.2 Å². The van der Waals surface area contributed by atoms with Crippen molar-refractivity contribution in [2.75, 3.05) is 18.1 Å². The standard InChI is InChI=1S/C14H17Cl2NO2/c1-2-17(11-3-4-12(15)13(16)7-11)14(19)10-5-9(6-10)8-18/h3-4,7,9-10,18H,2,5-6,8H2,1H3. The fourth-order valence-electron chi connectivity index (χ4n) is 2.43. The minimum Gasteiger partial charge on any atom is -0.396 e. The first-order chi connectivity index (χ1) is 9.06. The molecule has 1 fully saturated rings. The lowest BCUT2D eigenvalue weighted by Gasteiger charge is -2.36. The number of halogens is 2. The maximum atomic E-state index is 12.4. The van der Waals surface area contributed by atoms with Crippen molar-refractivity contribution in [3.63, 3.8) is 0 Å². The molecule has 1 aliphatic carbocycles. The Morgan fingerprint density at radius 1 is 1.37 bits per heavy atom. The van der Waals surface area contributed by atoms with Gasteiger partial charge < -0.3 is 10.0 Å². The quantitative estimate of drug-likeness (QED) is 0.926. The molecule has 0 unspecified atom stereocenters. The van der Waals surface area contributed by atoms with Gasteiger partial charge in [-0.3, -0.25) is 4.79 Å². The topological polar surface area (TPSA) is 40.5 Å². The maximum Gasteiger partial charge on any atom is 0.230 e. The van der Waals surface area contributed by atoms with E-state index in [4.69, 9.17) is 28.3 Å². The van der Waals surface area contributed by atoms with Gasteiger partial charge in [-0.25, -0.2) is 0 Å². The van der Waals surface area contributed by atoms with Crippen LogP contribution in [0.1, 0.15) is 19.8 Å². The highest BCUT2D eigenvalue weighted by molar-refractivity contribution is 6.42. The second kappa shape index (κ2) is 6.12. The van der Waals surface area contributed by atoms with Crippen molar-refractivity contribution in [2.24, 2.45) is 11.8 Å². The molecule has 1 amide bonds. The van der Waals surface area contributed by atoms with Gasteiger partial charge >= 0.3 is 0 Å². The molecule has 5 heteroatoms. The van der Waals surface area contributed by atoms with E-state index in [-0.39, 0.29) is 24.3 Å². The number of hydrogen-bond donors (Lipinski definition) is 1. The second-order valence-electron chi connectivity index (χ2n) is 4.90. The Morgan fingerprint density at radius 2 is 2.05 bits per heavy atom. The Balaban J connectivity index is 2.11. The lowest BCUT2D eigenvalue weighted by atomic mass is 9.74. The molecule has 0 aliphatic heterocycles. The van der Waals surface area contributed by atoms with Crippen LogP contribution in [0.15, 0.2) is 18.2 Å². The first-order valence-electron chi connectivity index (χ1n) is 6.44. The molecular formula is C14H17Cl2NO2. The molecule has 0 spiro atoms. The Hall–Kier alpha value is -0.770. The molecule has 0 heterocycles. The van der Waals surface area contributed by atoms with Crippen LogP contribution in [0.25, 0.3) is 0 Å². The van der Waals surface area contributed by atoms with Gasteiger partial charge in [-0.05, 0) is 43.9 Å². The van der Waals surface area contributed by atoms with Crippen LogP contribution in [0.4, 0.5) is 5.69 Å². The summed E-state index contributed by atoms with van der Waals surface area (Å²) >= 11 is 11.9. The number of amides is 1. The zero-order valence-corrected chi connectivity index (χ0v) is 12.3. The molecular weight excluding hydrogens is 285 g/mol. The first kappa shape index (κ1) is 14.6. The van der Waals surface area contributed by atoms with E-state index in [0.717, 1.165) is 18.5 Å². The summed E-state index contributed by atoms with van der Waals surface area (Å²) in [5.74, 6) is 0.401. The van der Waals surface area contributed by atoms with Gasteiger partial charge in [0.05, 0.1) is 10.0 Å². The average molecular weight is 302 g/mol. The van der Waals surface area contributed by atoms with Gasteiger partial charge in [0.25, 0.3) is 0 Å². The van der Waals surface area contributed by atoms with Crippen molar-refractivity contribution in [1.82, 2.24) is 0 Å². The predicted molar refractivity (Wildman–Crippen MR) is 77.8 cm³/mol. The fraction of sp³-hybridized carbons (Fsp3) is 0.500. The lowest BCUT2D eigenvalue weighted by Crippen LogP contribution is -2.42. The minimum absolute atomic E-state index is 0.0200. The number of benzene rings is 1. The number of aliphatic hydroxyl groups excluding tert-OH is 1. The van der Waals surface area contributed by atoms with Gasteiger partial charge in [-0.2, -0.15) is 0 Å². The van der Waals surface area contributed by atoms with Crippen LogP contribution in [-0.2, 0) is 4.79 Å². The highest BCUT2D eigenvalue weighted by atomic mass is 35.5. The van der Waals surface area contributed by atoms with Crippen LogP contribution >= 0.6 is 23.2 Å². The molecule has 1 aromatic rings. The van der Waals surface area contributed by atoms with Crippen molar-refractivity contribution < 1.29 is 9.90 Å². The third-order valence-electron chi connectivity index (χ3n) is 3.64. The smallest absolute Gasteiger partial charge is 0.230 e. The van der Waals surface area contributed by atoms with E-state index >= 15 is 0 Å². The molecule has 1 aromatic carbocycles. The largest absolute Gasteiger partial charge is 0.396 e. The summed E-state index contributed by atoms with van der Waals surface area (Å²) in [5.41, 5.74) is 0.773. The zero-order chi connectivity index (χ0) is 14.0. The van der Waals surface area contributed by atoms with Crippen molar-refractivity contribution in [1.29, 1.82) is 0 Å². The highest BCUT2D eigenvalue weighted by Gasteiger charge is 2.36. The summed E-state index contributed by atoms with van der Waals surface area (Å²) in [6.07, 6.45) is 1.54. The minimum atomic E-state index is 0.0200. The number of anilines is 1. The van der Waals surface area contributed by atoms with Crippen LogP contribution in [0.2, 0.25) is 10.0 Å². The summed E-state index contributed by atoms with van der Waals surface area (Å²) in [7, 11) is 0. The van der Waals surface area contributed by atoms with Crippen molar-refractivity contribution in [3.8, 4) is 0 Å². The van der Waals surface area contributed by atoms with Gasteiger partial charge in [0, 0.05) is 24.8 Å². The van der Waals surface area contributed by atoms with Crippen LogP contribution in [-0.4, -0.2) is 24.2 Å². The van der Waals surface area contributed by atoms with Crippen LogP contribution in [0.3, 0.4) is 0 Å². The Morgan fingerprint density at radius 3 is 2.58 bits per heavy atom. The Kier molecular flexibility index (Phi) is 4.71. The van der Waals surface area contributed by atoms with Crippen LogP contribution in [0.5, 0.6) is 0 Å². The Labute approximate surface area is 123 Å². The van der Waals surface area contributed by atoms with Crippen molar-refractivity contribution >= 4 is 34.8 Å². The number of aliphatic hydroxyl groups is 1. The zero-order valence-electron chi connectivity index (χ0n) is 10.8. The third-order valence-corrected chi connectivity index (χ3v) is 4.38. The number of rotatable bonds is 4. The fourth-order valence-corrected chi connectivity index (χ4v) is 2.72. The Bertz CT molecular complexity index is 473. The summed E-state index contributed by atoms with van der Waals surface area (Å²) in [6, 6.07) is 5.22. The van der Waals surface area contributed by atoms with Crippen LogP contribution < -0.4 is 4.90 Å². The molecule has 104 valence electrons. The van der Waals surface area contributed by atoms with E-state index in [9.17, 15) is 4.79 Å². The molecule has 0 saturated heterocycles. The molecule has 0 aromatic heterocycles. The number of hydrogen-bond acceptors (Lipinski definition) is 2. The van der Waals surface area contributed by atoms with E-state index in [1.807, 2.05) is 6.92 Å². The van der Waals surface area contributed by atoms with E-state index < -0.39 is 0 Å². The van der Waals surface area contributed by atoms with Gasteiger partial charge in [-0.15, -0.1) is 0 Å². The molecule has 1 aliphatic rings. The van der Waals surface area contributed by atoms with Gasteiger partial charge in [0.15, 0.2) is 0 Å². The number of nitrogens with zero attached hydrogens (tertiary/aromatic N) is 1. The molecule has 1 saturated carbocycles. The first-order valence-corrected chi connectivity index (χ1v) is 7.19. The van der Waals surface area contributed by atoms with Crippen molar-refractivity contribution in [2.45, 2.75) is 19.8 Å². The molecule has 0 atom stereocenters. The monoisotopic (exact) mass is 301 g/mol. The van der Waals surface area contributed by atoms with Gasteiger partial charge in [0.1, 0.15) is 0 Å². The SMILES string of the molecule is CCN(C(=O)C1CC(CO)C1)c1ccc(Cl)c(Cl)c1. The molecule has 2 rings (SSSR count). The van der Waals surface area contributed by atoms with Gasteiger partial charge in [0.2, 0.25) is 5.91 Å². The molecule has 0 bridgehead atoms. The summed E-state index contributed by atoms with van der Waals surface area (Å²) in [4.78, 5) is 14.1. The third kappa shape index (κ3) is 3.04. The van der Waals surface area contributed by atoms with E-state index in [1.165, 1.54) is 0 Å². The average Bonchev–Trinajstić information content (AvgIpc) is 2.33. The van der Waals surface area contributed by atoms with E-state index in [1.54, 1.807) is 23.1 Å². The van der Waals surface area contributed by atoms with Crippen molar-refractivity contribution in [3.05, 3.63) is 28.2 Å². The normalized spacial score (nSPS) is 21.9. The van der Waals surface area contributed by atoms with E-state index in [2.05, 4.69) is 0 Å². The van der Waals surface area contributed by atoms with Crippen LogP contribution in [0, 0.1) is 11.8 Å². The second-order valence-corrected chi connectivity index (χ2v) is 5.71. The number of carbonyl (C=O) groups is 1. The predicted octanol–water partition coefficient (Wildman–Crippen LogP) is 3.36. The molecule has 3 nitrogen and oxygen atoms in total. The van der Waals surface area contributed by atoms with E-state index in [0.29, 0.717) is 16.6 Å². The summed E-state index contributed by atoms with van der Waals surface area (Å²) < 4.78 is 0. The molecule has 0 radical (unpaired) electrons. The molecule has 1 N–H and O–H groups in total.